The van der Waals surface area contributed by atoms with Crippen LogP contribution in [0, 0.1) is 17.8 Å². The molecule has 4 saturated heterocycles. The first kappa shape index (κ1) is 19.6. The molecule has 2 N–H and O–H groups in total. The van der Waals surface area contributed by atoms with Gasteiger partial charge in [-0.3, -0.25) is 14.6 Å². The SMILES string of the molecule is C[C@@]1(NC(=O)c2cc3cc(C#CCN4CCNCC4)oc3cn2)CC2CCN1CC2. The number of hydrogen-bond acceptors (Lipinski definition) is 6. The number of hydrogen-bond donors (Lipinski definition) is 2. The van der Waals surface area contributed by atoms with Crippen molar-refractivity contribution in [3.05, 3.63) is 29.8 Å². The number of pyridine rings is 1. The fraction of sp³-hybridized carbons (Fsp3) is 0.565. The van der Waals surface area contributed by atoms with Crippen LogP contribution < -0.4 is 10.6 Å². The molecule has 4 fully saturated rings. The monoisotopic (exact) mass is 407 g/mol. The van der Waals surface area contributed by atoms with Crippen LogP contribution in [-0.2, 0) is 0 Å². The van der Waals surface area contributed by atoms with E-state index in [0.29, 0.717) is 23.0 Å². The zero-order chi connectivity index (χ0) is 20.6. The number of nitrogens with zero attached hydrogens (tertiary/aromatic N) is 3. The van der Waals surface area contributed by atoms with Crippen molar-refractivity contribution in [2.75, 3.05) is 45.8 Å². The number of piperidine rings is 3. The molecule has 6 heterocycles. The van der Waals surface area contributed by atoms with Crippen LogP contribution >= 0.6 is 0 Å². The quantitative estimate of drug-likeness (QED) is 0.754. The molecule has 1 atom stereocenters. The van der Waals surface area contributed by atoms with Gasteiger partial charge in [0.1, 0.15) is 5.69 Å². The van der Waals surface area contributed by atoms with Crippen LogP contribution in [0.3, 0.4) is 0 Å². The Balaban J connectivity index is 1.27. The van der Waals surface area contributed by atoms with Gasteiger partial charge in [-0.05, 0) is 44.1 Å². The third-order valence-electron chi connectivity index (χ3n) is 6.74. The summed E-state index contributed by atoms with van der Waals surface area (Å²) in [6.45, 7) is 9.07. The predicted molar refractivity (Wildman–Crippen MR) is 115 cm³/mol. The third-order valence-corrected chi connectivity index (χ3v) is 6.74. The molecule has 0 aliphatic carbocycles. The normalized spacial score (nSPS) is 28.8. The Labute approximate surface area is 177 Å². The van der Waals surface area contributed by atoms with E-state index < -0.39 is 0 Å². The van der Waals surface area contributed by atoms with Crippen LogP contribution in [0.2, 0.25) is 0 Å². The van der Waals surface area contributed by atoms with Crippen molar-refractivity contribution in [3.8, 4) is 11.8 Å². The molecule has 0 saturated carbocycles. The summed E-state index contributed by atoms with van der Waals surface area (Å²) >= 11 is 0. The van der Waals surface area contributed by atoms with Crippen LogP contribution in [0.25, 0.3) is 11.0 Å². The summed E-state index contributed by atoms with van der Waals surface area (Å²) in [5.41, 5.74) is 0.809. The van der Waals surface area contributed by atoms with Gasteiger partial charge in [-0.2, -0.15) is 0 Å². The van der Waals surface area contributed by atoms with Gasteiger partial charge in [0, 0.05) is 50.7 Å². The van der Waals surface area contributed by atoms with Gasteiger partial charge < -0.3 is 15.1 Å². The highest BCUT2D eigenvalue weighted by Crippen LogP contribution is 2.37. The van der Waals surface area contributed by atoms with E-state index in [1.54, 1.807) is 12.3 Å². The lowest BCUT2D eigenvalue weighted by Gasteiger charge is -2.52. The highest BCUT2D eigenvalue weighted by molar-refractivity contribution is 5.96. The minimum Gasteiger partial charge on any atom is -0.446 e. The number of amides is 1. The second kappa shape index (κ2) is 8.03. The number of rotatable bonds is 3. The molecule has 2 aromatic rings. The Morgan fingerprint density at radius 3 is 2.83 bits per heavy atom. The molecule has 30 heavy (non-hydrogen) atoms. The molecule has 1 amide bonds. The van der Waals surface area contributed by atoms with E-state index in [1.165, 1.54) is 12.8 Å². The van der Waals surface area contributed by atoms with E-state index in [4.69, 9.17) is 4.42 Å². The molecule has 0 aromatic carbocycles. The highest BCUT2D eigenvalue weighted by Gasteiger charge is 2.43. The van der Waals surface area contributed by atoms with Gasteiger partial charge in [0.2, 0.25) is 0 Å². The van der Waals surface area contributed by atoms with Crippen molar-refractivity contribution in [3.63, 3.8) is 0 Å². The predicted octanol–water partition coefficient (Wildman–Crippen LogP) is 1.65. The van der Waals surface area contributed by atoms with Crippen molar-refractivity contribution in [1.82, 2.24) is 25.4 Å². The van der Waals surface area contributed by atoms with Crippen LogP contribution in [0.5, 0.6) is 0 Å². The summed E-state index contributed by atoms with van der Waals surface area (Å²) < 4.78 is 5.80. The molecule has 7 nitrogen and oxygen atoms in total. The van der Waals surface area contributed by atoms with Crippen LogP contribution in [0.15, 0.2) is 22.7 Å². The minimum atomic E-state index is -0.272. The number of furan rings is 1. The largest absolute Gasteiger partial charge is 0.446 e. The zero-order valence-corrected chi connectivity index (χ0v) is 17.5. The van der Waals surface area contributed by atoms with Gasteiger partial charge in [0.05, 0.1) is 18.4 Å². The van der Waals surface area contributed by atoms with Gasteiger partial charge in [0.15, 0.2) is 11.3 Å². The summed E-state index contributed by atoms with van der Waals surface area (Å²) in [5, 5.41) is 7.44. The molecular formula is C23H29N5O2. The van der Waals surface area contributed by atoms with Gasteiger partial charge in [0.25, 0.3) is 5.91 Å². The first-order valence-electron chi connectivity index (χ1n) is 11.0. The summed E-state index contributed by atoms with van der Waals surface area (Å²) in [6, 6.07) is 3.70. The Bertz CT molecular complexity index is 992. The number of carbonyl (C=O) groups excluding carboxylic acids is 1. The van der Waals surface area contributed by atoms with Crippen LogP contribution in [-0.4, -0.2) is 72.2 Å². The average Bonchev–Trinajstić information content (AvgIpc) is 3.17. The molecule has 0 radical (unpaired) electrons. The maximum Gasteiger partial charge on any atom is 0.271 e. The van der Waals surface area contributed by atoms with Crippen molar-refractivity contribution >= 4 is 16.9 Å². The third kappa shape index (κ3) is 3.95. The average molecular weight is 408 g/mol. The second-order valence-corrected chi connectivity index (χ2v) is 8.91. The summed E-state index contributed by atoms with van der Waals surface area (Å²) in [6.07, 6.45) is 5.12. The molecule has 0 spiro atoms. The van der Waals surface area contributed by atoms with Crippen LogP contribution in [0.4, 0.5) is 0 Å². The zero-order valence-electron chi connectivity index (χ0n) is 17.5. The Morgan fingerprint density at radius 1 is 1.30 bits per heavy atom. The highest BCUT2D eigenvalue weighted by atomic mass is 16.3. The number of carbonyl (C=O) groups is 1. The van der Waals surface area contributed by atoms with Crippen molar-refractivity contribution in [1.29, 1.82) is 0 Å². The molecule has 2 aromatic heterocycles. The standard InChI is InChI=1S/C23H29N5O2/c1-23(15-17-4-9-28(23)10-5-17)26-22(29)20-14-18-13-19(30-21(18)16-25-20)3-2-8-27-11-6-24-7-12-27/h13-14,16-17,24H,4-12,15H2,1H3,(H,26,29)/t23-/m0/s1. The lowest BCUT2D eigenvalue weighted by atomic mass is 9.80. The van der Waals surface area contributed by atoms with E-state index >= 15 is 0 Å². The van der Waals surface area contributed by atoms with Crippen molar-refractivity contribution in [2.45, 2.75) is 31.8 Å². The van der Waals surface area contributed by atoms with Crippen molar-refractivity contribution in [2.24, 2.45) is 5.92 Å². The molecule has 158 valence electrons. The van der Waals surface area contributed by atoms with Crippen molar-refractivity contribution < 1.29 is 9.21 Å². The van der Waals surface area contributed by atoms with E-state index in [2.05, 4.69) is 44.2 Å². The number of fused-ring (bicyclic) bond motifs is 4. The topological polar surface area (TPSA) is 73.6 Å². The first-order chi connectivity index (χ1) is 14.6. The molecule has 4 aliphatic rings. The number of nitrogens with one attached hydrogen (secondary N) is 2. The number of piperazine rings is 1. The first-order valence-corrected chi connectivity index (χ1v) is 11.0. The van der Waals surface area contributed by atoms with E-state index in [0.717, 1.165) is 57.6 Å². The molecule has 4 aliphatic heterocycles. The number of aromatic nitrogens is 1. The van der Waals surface area contributed by atoms with E-state index in [-0.39, 0.29) is 11.6 Å². The van der Waals surface area contributed by atoms with E-state index in [1.807, 2.05) is 6.07 Å². The van der Waals surface area contributed by atoms with Gasteiger partial charge in [-0.15, -0.1) is 0 Å². The Kier molecular flexibility index (Phi) is 5.23. The van der Waals surface area contributed by atoms with E-state index in [9.17, 15) is 4.79 Å². The fourth-order valence-corrected chi connectivity index (χ4v) is 5.00. The molecule has 2 bridgehead atoms. The minimum absolute atomic E-state index is 0.125. The molecule has 6 rings (SSSR count). The maximum atomic E-state index is 12.9. The Hall–Kier alpha value is -2.40. The fourth-order valence-electron chi connectivity index (χ4n) is 5.00. The van der Waals surface area contributed by atoms with Crippen LogP contribution in [0.1, 0.15) is 42.4 Å². The molecule has 7 heteroatoms. The smallest absolute Gasteiger partial charge is 0.271 e. The van der Waals surface area contributed by atoms with Gasteiger partial charge in [-0.1, -0.05) is 5.92 Å². The lowest BCUT2D eigenvalue weighted by Crippen LogP contribution is -2.65. The lowest BCUT2D eigenvalue weighted by molar-refractivity contribution is -0.0347. The Morgan fingerprint density at radius 2 is 2.10 bits per heavy atom. The second-order valence-electron chi connectivity index (χ2n) is 8.91. The van der Waals surface area contributed by atoms with Gasteiger partial charge in [-0.25, -0.2) is 4.98 Å². The maximum absolute atomic E-state index is 12.9. The molecule has 0 unspecified atom stereocenters. The summed E-state index contributed by atoms with van der Waals surface area (Å²) in [4.78, 5) is 22.0. The summed E-state index contributed by atoms with van der Waals surface area (Å²) in [7, 11) is 0. The summed E-state index contributed by atoms with van der Waals surface area (Å²) in [5.74, 6) is 7.50. The molecular weight excluding hydrogens is 378 g/mol. The van der Waals surface area contributed by atoms with Gasteiger partial charge >= 0.3 is 0 Å².